The largest absolute Gasteiger partial charge is 0.480 e. The molecule has 100 valence electrons. The van der Waals surface area contributed by atoms with Crippen LogP contribution in [0.1, 0.15) is 25.8 Å². The van der Waals surface area contributed by atoms with Crippen molar-refractivity contribution in [2.24, 2.45) is 5.92 Å². The Bertz CT molecular complexity index is 384. The Morgan fingerprint density at radius 2 is 2.17 bits per heavy atom. The Labute approximate surface area is 106 Å². The number of carbonyl (C=O) groups excluding carboxylic acids is 1. The average molecular weight is 253 g/mol. The maximum atomic E-state index is 11.9. The highest BCUT2D eigenvalue weighted by atomic mass is 16.4. The summed E-state index contributed by atoms with van der Waals surface area (Å²) >= 11 is 0. The van der Waals surface area contributed by atoms with Crippen molar-refractivity contribution in [3.05, 3.63) is 24.2 Å². The van der Waals surface area contributed by atoms with Crippen LogP contribution >= 0.6 is 0 Å². The van der Waals surface area contributed by atoms with E-state index < -0.39 is 5.97 Å². The molecule has 0 aliphatic carbocycles. The summed E-state index contributed by atoms with van der Waals surface area (Å²) in [6, 6.07) is 1.80. The second-order valence-electron chi connectivity index (χ2n) is 4.69. The van der Waals surface area contributed by atoms with Gasteiger partial charge in [0.2, 0.25) is 5.91 Å². The van der Waals surface area contributed by atoms with Gasteiger partial charge in [0.15, 0.2) is 0 Å². The third kappa shape index (κ3) is 5.03. The summed E-state index contributed by atoms with van der Waals surface area (Å²) in [5.74, 6) is -0.859. The predicted molar refractivity (Wildman–Crippen MR) is 66.1 cm³/mol. The van der Waals surface area contributed by atoms with E-state index in [0.29, 0.717) is 19.4 Å². The average Bonchev–Trinajstić information content (AvgIpc) is 2.76. The van der Waals surface area contributed by atoms with E-state index in [2.05, 4.69) is 0 Å². The number of rotatable bonds is 7. The lowest BCUT2D eigenvalue weighted by Gasteiger charge is -2.22. The van der Waals surface area contributed by atoms with Gasteiger partial charge in [-0.2, -0.15) is 0 Å². The molecule has 5 heteroatoms. The number of carboxylic acid groups (broad SMARTS) is 1. The van der Waals surface area contributed by atoms with Gasteiger partial charge in [-0.05, 0) is 24.0 Å². The zero-order chi connectivity index (χ0) is 13.5. The second-order valence-corrected chi connectivity index (χ2v) is 4.69. The maximum Gasteiger partial charge on any atom is 0.323 e. The van der Waals surface area contributed by atoms with Crippen LogP contribution in [0.5, 0.6) is 0 Å². The molecule has 5 nitrogen and oxygen atoms in total. The van der Waals surface area contributed by atoms with Crippen LogP contribution in [0.2, 0.25) is 0 Å². The lowest BCUT2D eigenvalue weighted by molar-refractivity contribution is -0.144. The number of hydrogen-bond acceptors (Lipinski definition) is 3. The minimum absolute atomic E-state index is 0.132. The number of carbonyl (C=O) groups is 2. The molecule has 1 amide bonds. The van der Waals surface area contributed by atoms with Gasteiger partial charge in [-0.15, -0.1) is 0 Å². The van der Waals surface area contributed by atoms with Crippen molar-refractivity contribution in [1.29, 1.82) is 0 Å². The van der Waals surface area contributed by atoms with Crippen LogP contribution in [0, 0.1) is 5.92 Å². The molecule has 0 fully saturated rings. The highest BCUT2D eigenvalue weighted by Crippen LogP contribution is 2.07. The molecule has 0 radical (unpaired) electrons. The standard InChI is InChI=1S/C13H19NO4/c1-10(2)7-14(8-13(16)17)12(15)4-3-11-5-6-18-9-11/h5-6,9-10H,3-4,7-8H2,1-2H3,(H,16,17). The smallest absolute Gasteiger partial charge is 0.323 e. The monoisotopic (exact) mass is 253 g/mol. The van der Waals surface area contributed by atoms with E-state index >= 15 is 0 Å². The molecular weight excluding hydrogens is 234 g/mol. The van der Waals surface area contributed by atoms with Gasteiger partial charge in [0.05, 0.1) is 12.5 Å². The van der Waals surface area contributed by atoms with Crippen molar-refractivity contribution in [3.8, 4) is 0 Å². The van der Waals surface area contributed by atoms with Gasteiger partial charge in [-0.1, -0.05) is 13.8 Å². The Hall–Kier alpha value is -1.78. The van der Waals surface area contributed by atoms with Gasteiger partial charge in [-0.25, -0.2) is 0 Å². The lowest BCUT2D eigenvalue weighted by Crippen LogP contribution is -2.38. The summed E-state index contributed by atoms with van der Waals surface area (Å²) in [6.07, 6.45) is 4.03. The van der Waals surface area contributed by atoms with Crippen molar-refractivity contribution in [1.82, 2.24) is 4.90 Å². The number of furan rings is 1. The first-order chi connectivity index (χ1) is 8.49. The quantitative estimate of drug-likeness (QED) is 0.804. The van der Waals surface area contributed by atoms with Crippen LogP contribution < -0.4 is 0 Å². The van der Waals surface area contributed by atoms with Crippen LogP contribution in [-0.2, 0) is 16.0 Å². The number of aryl methyl sites for hydroxylation is 1. The predicted octanol–water partition coefficient (Wildman–Crippen LogP) is 1.78. The number of hydrogen-bond donors (Lipinski definition) is 1. The third-order valence-corrected chi connectivity index (χ3v) is 2.47. The first-order valence-corrected chi connectivity index (χ1v) is 5.99. The molecule has 0 saturated carbocycles. The van der Waals surface area contributed by atoms with Crippen LogP contribution in [0.15, 0.2) is 23.0 Å². The van der Waals surface area contributed by atoms with E-state index in [1.54, 1.807) is 18.6 Å². The van der Waals surface area contributed by atoms with Gasteiger partial charge >= 0.3 is 5.97 Å². The number of amides is 1. The molecule has 1 heterocycles. The molecule has 1 aromatic rings. The van der Waals surface area contributed by atoms with Crippen molar-refractivity contribution in [2.75, 3.05) is 13.1 Å². The second kappa shape index (κ2) is 6.83. The normalized spacial score (nSPS) is 10.6. The summed E-state index contributed by atoms with van der Waals surface area (Å²) in [4.78, 5) is 24.1. The molecule has 0 aliphatic heterocycles. The zero-order valence-electron chi connectivity index (χ0n) is 10.8. The van der Waals surface area contributed by atoms with Gasteiger partial charge in [-0.3, -0.25) is 9.59 Å². The van der Waals surface area contributed by atoms with Crippen LogP contribution in [0.25, 0.3) is 0 Å². The molecule has 1 aromatic heterocycles. The molecule has 0 aromatic carbocycles. The van der Waals surface area contributed by atoms with Gasteiger partial charge in [0.1, 0.15) is 6.54 Å². The van der Waals surface area contributed by atoms with E-state index in [-0.39, 0.29) is 18.4 Å². The minimum atomic E-state index is -0.979. The number of nitrogens with zero attached hydrogens (tertiary/aromatic N) is 1. The Morgan fingerprint density at radius 3 is 2.67 bits per heavy atom. The molecule has 18 heavy (non-hydrogen) atoms. The Kier molecular flexibility index (Phi) is 5.42. The van der Waals surface area contributed by atoms with E-state index in [1.165, 1.54) is 4.90 Å². The molecule has 0 atom stereocenters. The highest BCUT2D eigenvalue weighted by molar-refractivity contribution is 5.81. The van der Waals surface area contributed by atoms with Crippen molar-refractivity contribution in [2.45, 2.75) is 26.7 Å². The first-order valence-electron chi connectivity index (χ1n) is 5.99. The Morgan fingerprint density at radius 1 is 1.44 bits per heavy atom. The van der Waals surface area contributed by atoms with E-state index in [9.17, 15) is 9.59 Å². The fraction of sp³-hybridized carbons (Fsp3) is 0.538. The Balaban J connectivity index is 2.50. The van der Waals surface area contributed by atoms with E-state index in [0.717, 1.165) is 5.56 Å². The summed E-state index contributed by atoms with van der Waals surface area (Å²) in [7, 11) is 0. The third-order valence-electron chi connectivity index (χ3n) is 2.47. The van der Waals surface area contributed by atoms with Crippen LogP contribution in [0.4, 0.5) is 0 Å². The van der Waals surface area contributed by atoms with Crippen molar-refractivity contribution in [3.63, 3.8) is 0 Å². The molecule has 1 rings (SSSR count). The number of aliphatic carboxylic acids is 1. The first kappa shape index (κ1) is 14.3. The van der Waals surface area contributed by atoms with Crippen molar-refractivity contribution < 1.29 is 19.1 Å². The molecule has 0 spiro atoms. The maximum absolute atomic E-state index is 11.9. The zero-order valence-corrected chi connectivity index (χ0v) is 10.8. The molecule has 0 aliphatic rings. The summed E-state index contributed by atoms with van der Waals surface area (Å²) in [5.41, 5.74) is 0.947. The van der Waals surface area contributed by atoms with Crippen molar-refractivity contribution >= 4 is 11.9 Å². The minimum Gasteiger partial charge on any atom is -0.480 e. The lowest BCUT2D eigenvalue weighted by atomic mass is 10.1. The molecule has 1 N–H and O–H groups in total. The summed E-state index contributed by atoms with van der Waals surface area (Å²) in [6.45, 7) is 4.15. The highest BCUT2D eigenvalue weighted by Gasteiger charge is 2.17. The molecular formula is C13H19NO4. The summed E-state index contributed by atoms with van der Waals surface area (Å²) < 4.78 is 4.92. The molecule has 0 unspecified atom stereocenters. The van der Waals surface area contributed by atoms with Gasteiger partial charge in [0.25, 0.3) is 0 Å². The number of carboxylic acids is 1. The topological polar surface area (TPSA) is 70.8 Å². The van der Waals surface area contributed by atoms with Crippen LogP contribution in [0.3, 0.4) is 0 Å². The SMILES string of the molecule is CC(C)CN(CC(=O)O)C(=O)CCc1ccoc1. The fourth-order valence-electron chi connectivity index (χ4n) is 1.70. The van der Waals surface area contributed by atoms with Gasteiger partial charge in [0, 0.05) is 13.0 Å². The fourth-order valence-corrected chi connectivity index (χ4v) is 1.70. The molecule has 0 bridgehead atoms. The summed E-state index contributed by atoms with van der Waals surface area (Å²) in [5, 5.41) is 8.79. The van der Waals surface area contributed by atoms with Gasteiger partial charge < -0.3 is 14.4 Å². The van der Waals surface area contributed by atoms with E-state index in [4.69, 9.17) is 9.52 Å². The van der Waals surface area contributed by atoms with E-state index in [1.807, 2.05) is 13.8 Å². The molecule has 0 saturated heterocycles. The van der Waals surface area contributed by atoms with Crippen LogP contribution in [-0.4, -0.2) is 35.0 Å².